The Morgan fingerprint density at radius 1 is 1.04 bits per heavy atom. The minimum Gasteiger partial charge on any atom is -0.508 e. The molecule has 4 rings (SSSR count). The highest BCUT2D eigenvalue weighted by Gasteiger charge is 2.49. The number of aryl methyl sites for hydroxylation is 1. The summed E-state index contributed by atoms with van der Waals surface area (Å²) in [5.74, 6) is -2.19. The van der Waals surface area contributed by atoms with Gasteiger partial charge in [0.05, 0.1) is 5.56 Å². The van der Waals surface area contributed by atoms with Gasteiger partial charge in [-0.25, -0.2) is 4.39 Å². The number of hydrogen-bond donors (Lipinski definition) is 3. The third-order valence-corrected chi connectivity index (χ3v) is 6.09. The first-order valence-corrected chi connectivity index (χ1v) is 9.38. The van der Waals surface area contributed by atoms with Gasteiger partial charge in [0.1, 0.15) is 16.2 Å². The number of amides is 1. The van der Waals surface area contributed by atoms with Crippen molar-refractivity contribution in [3.8, 4) is 22.6 Å². The SMILES string of the molecule is Cc1ccc(-c2csc3c2C(=O)C(C)(c2ccc(O)cc2)C(=O)N3)c(O)c1F. The van der Waals surface area contributed by atoms with Gasteiger partial charge in [0.2, 0.25) is 5.91 Å². The van der Waals surface area contributed by atoms with Crippen LogP contribution in [-0.4, -0.2) is 21.9 Å². The smallest absolute Gasteiger partial charge is 0.243 e. The molecule has 3 aromatic rings. The number of anilines is 1. The number of fused-ring (bicyclic) bond motifs is 1. The molecule has 1 aliphatic heterocycles. The lowest BCUT2D eigenvalue weighted by atomic mass is 9.73. The van der Waals surface area contributed by atoms with Crippen LogP contribution in [0.5, 0.6) is 11.5 Å². The first-order chi connectivity index (χ1) is 13.2. The second-order valence-electron chi connectivity index (χ2n) is 6.90. The number of ketones is 1. The zero-order valence-electron chi connectivity index (χ0n) is 15.0. The fourth-order valence-corrected chi connectivity index (χ4v) is 4.35. The van der Waals surface area contributed by atoms with E-state index in [0.29, 0.717) is 21.7 Å². The van der Waals surface area contributed by atoms with Crippen LogP contribution in [0.15, 0.2) is 41.8 Å². The van der Waals surface area contributed by atoms with Crippen molar-refractivity contribution in [1.82, 2.24) is 0 Å². The maximum absolute atomic E-state index is 14.2. The Morgan fingerprint density at radius 3 is 2.39 bits per heavy atom. The summed E-state index contributed by atoms with van der Waals surface area (Å²) in [5, 5.41) is 24.5. The second kappa shape index (κ2) is 6.17. The Morgan fingerprint density at radius 2 is 1.71 bits per heavy atom. The largest absolute Gasteiger partial charge is 0.508 e. The number of halogens is 1. The number of phenols is 2. The minimum atomic E-state index is -1.52. The molecule has 28 heavy (non-hydrogen) atoms. The molecule has 0 saturated carbocycles. The summed E-state index contributed by atoms with van der Waals surface area (Å²) in [7, 11) is 0. The average molecular weight is 397 g/mol. The fraction of sp³-hybridized carbons (Fsp3) is 0.143. The molecule has 0 saturated heterocycles. The fourth-order valence-electron chi connectivity index (χ4n) is 3.39. The predicted molar refractivity (Wildman–Crippen MR) is 105 cm³/mol. The number of hydrogen-bond acceptors (Lipinski definition) is 5. The molecule has 1 unspecified atom stereocenters. The van der Waals surface area contributed by atoms with Crippen molar-refractivity contribution >= 4 is 28.0 Å². The average Bonchev–Trinajstić information content (AvgIpc) is 3.08. The summed E-state index contributed by atoms with van der Waals surface area (Å²) >= 11 is 1.15. The molecule has 1 aromatic heterocycles. The standard InChI is InChI=1S/C21H16FNO4S/c1-10-3-8-13(17(25)16(10)22)14-9-28-19-15(14)18(26)21(2,20(27)23-19)11-4-6-12(24)7-5-11/h3-9,24-25H,1-2H3,(H,23,27). The van der Waals surface area contributed by atoms with Crippen molar-refractivity contribution in [3.05, 3.63) is 64.3 Å². The van der Waals surface area contributed by atoms with E-state index < -0.39 is 28.7 Å². The predicted octanol–water partition coefficient (Wildman–Crippen LogP) is 4.37. The maximum atomic E-state index is 14.2. The van der Waals surface area contributed by atoms with Gasteiger partial charge in [-0.3, -0.25) is 9.59 Å². The quantitative estimate of drug-likeness (QED) is 0.561. The van der Waals surface area contributed by atoms with Crippen LogP contribution in [0.1, 0.15) is 28.4 Å². The van der Waals surface area contributed by atoms with Crippen LogP contribution in [0.25, 0.3) is 11.1 Å². The summed E-state index contributed by atoms with van der Waals surface area (Å²) in [5.41, 5.74) is -0.00726. The molecule has 0 spiro atoms. The van der Waals surface area contributed by atoms with Crippen LogP contribution in [0.2, 0.25) is 0 Å². The van der Waals surface area contributed by atoms with Crippen LogP contribution in [0.3, 0.4) is 0 Å². The van der Waals surface area contributed by atoms with Crippen molar-refractivity contribution in [2.75, 3.05) is 5.32 Å². The summed E-state index contributed by atoms with van der Waals surface area (Å²) < 4.78 is 14.2. The topological polar surface area (TPSA) is 86.6 Å². The van der Waals surface area contributed by atoms with Gasteiger partial charge in [-0.05, 0) is 37.1 Å². The number of carbonyl (C=O) groups is 2. The second-order valence-corrected chi connectivity index (χ2v) is 7.78. The number of phenolic OH excluding ortho intramolecular Hbond substituents is 2. The van der Waals surface area contributed by atoms with E-state index >= 15 is 0 Å². The van der Waals surface area contributed by atoms with Gasteiger partial charge in [0, 0.05) is 16.5 Å². The number of nitrogens with one attached hydrogen (secondary N) is 1. The van der Waals surface area contributed by atoms with Crippen LogP contribution in [0, 0.1) is 12.7 Å². The van der Waals surface area contributed by atoms with E-state index in [0.717, 1.165) is 11.3 Å². The Kier molecular flexibility index (Phi) is 4.01. The van der Waals surface area contributed by atoms with Crippen molar-refractivity contribution in [1.29, 1.82) is 0 Å². The van der Waals surface area contributed by atoms with Crippen LogP contribution in [0.4, 0.5) is 9.39 Å². The van der Waals surface area contributed by atoms with E-state index in [4.69, 9.17) is 0 Å². The molecule has 3 N–H and O–H groups in total. The number of Topliss-reactive ketones (excluding diaryl/α,β-unsaturated/α-hetero) is 1. The van der Waals surface area contributed by atoms with Crippen LogP contribution >= 0.6 is 11.3 Å². The number of rotatable bonds is 2. The molecule has 2 heterocycles. The lowest BCUT2D eigenvalue weighted by molar-refractivity contribution is -0.119. The molecule has 0 fully saturated rings. The van der Waals surface area contributed by atoms with Gasteiger partial charge in [-0.2, -0.15) is 0 Å². The van der Waals surface area contributed by atoms with Gasteiger partial charge in [-0.1, -0.05) is 24.3 Å². The lowest BCUT2D eigenvalue weighted by Crippen LogP contribution is -2.48. The van der Waals surface area contributed by atoms with Gasteiger partial charge in [-0.15, -0.1) is 11.3 Å². The van der Waals surface area contributed by atoms with Crippen molar-refractivity contribution in [3.63, 3.8) is 0 Å². The number of benzene rings is 2. The third-order valence-electron chi connectivity index (χ3n) is 5.20. The first-order valence-electron chi connectivity index (χ1n) is 8.50. The monoisotopic (exact) mass is 397 g/mol. The molecule has 1 aliphatic rings. The first kappa shape index (κ1) is 18.2. The summed E-state index contributed by atoms with van der Waals surface area (Å²) in [4.78, 5) is 26.2. The molecule has 5 nitrogen and oxygen atoms in total. The highest BCUT2D eigenvalue weighted by atomic mass is 32.1. The molecule has 0 radical (unpaired) electrons. The molecular weight excluding hydrogens is 381 g/mol. The molecule has 142 valence electrons. The van der Waals surface area contributed by atoms with Gasteiger partial charge in [0.15, 0.2) is 17.3 Å². The van der Waals surface area contributed by atoms with Crippen molar-refractivity contribution in [2.45, 2.75) is 19.3 Å². The zero-order valence-corrected chi connectivity index (χ0v) is 15.9. The number of carbonyl (C=O) groups excluding carboxylic acids is 2. The molecule has 2 aromatic carbocycles. The highest BCUT2D eigenvalue weighted by molar-refractivity contribution is 7.15. The number of thiophene rings is 1. The summed E-state index contributed by atoms with van der Waals surface area (Å²) in [6, 6.07) is 8.94. The minimum absolute atomic E-state index is 0.0213. The Hall–Kier alpha value is -3.19. The van der Waals surface area contributed by atoms with E-state index in [1.54, 1.807) is 11.4 Å². The molecule has 1 atom stereocenters. The van der Waals surface area contributed by atoms with Crippen LogP contribution in [-0.2, 0) is 10.2 Å². The summed E-state index contributed by atoms with van der Waals surface area (Å²) in [6.45, 7) is 3.05. The molecule has 1 amide bonds. The maximum Gasteiger partial charge on any atom is 0.243 e. The van der Waals surface area contributed by atoms with E-state index in [1.807, 2.05) is 0 Å². The van der Waals surface area contributed by atoms with E-state index in [2.05, 4.69) is 5.32 Å². The number of aromatic hydroxyl groups is 2. The molecule has 0 aliphatic carbocycles. The van der Waals surface area contributed by atoms with Gasteiger partial charge in [0.25, 0.3) is 0 Å². The highest BCUT2D eigenvalue weighted by Crippen LogP contribution is 2.47. The van der Waals surface area contributed by atoms with E-state index in [-0.39, 0.29) is 16.9 Å². The van der Waals surface area contributed by atoms with Crippen LogP contribution < -0.4 is 5.32 Å². The van der Waals surface area contributed by atoms with E-state index in [1.165, 1.54) is 44.2 Å². The molecule has 0 bridgehead atoms. The lowest BCUT2D eigenvalue weighted by Gasteiger charge is -2.32. The third kappa shape index (κ3) is 2.43. The molecular formula is C21H16FNO4S. The van der Waals surface area contributed by atoms with Gasteiger partial charge >= 0.3 is 0 Å². The summed E-state index contributed by atoms with van der Waals surface area (Å²) in [6.07, 6.45) is 0. The normalized spacial score (nSPS) is 18.7. The Labute approximate surface area is 164 Å². The Bertz CT molecular complexity index is 1140. The van der Waals surface area contributed by atoms with Gasteiger partial charge < -0.3 is 15.5 Å². The Balaban J connectivity index is 1.90. The van der Waals surface area contributed by atoms with Crippen molar-refractivity contribution < 1.29 is 24.2 Å². The van der Waals surface area contributed by atoms with E-state index in [9.17, 15) is 24.2 Å². The zero-order chi connectivity index (χ0) is 20.2. The van der Waals surface area contributed by atoms with Crippen molar-refractivity contribution in [2.24, 2.45) is 0 Å². The molecule has 7 heteroatoms.